The van der Waals surface area contributed by atoms with E-state index in [1.165, 1.54) is 0 Å². The average molecular weight is 1000 g/mol. The van der Waals surface area contributed by atoms with E-state index >= 15 is 0 Å². The monoisotopic (exact) mass is 1000 g/mol. The Morgan fingerprint density at radius 3 is 1.48 bits per heavy atom. The Morgan fingerprint density at radius 2 is 0.972 bits per heavy atom. The van der Waals surface area contributed by atoms with Crippen LogP contribution >= 0.6 is 0 Å². The Labute approximate surface area is 425 Å². The van der Waals surface area contributed by atoms with Crippen molar-refractivity contribution in [1.82, 2.24) is 5.32 Å². The first kappa shape index (κ1) is 63.8. The van der Waals surface area contributed by atoms with E-state index in [1.807, 2.05) is 0 Å². The van der Waals surface area contributed by atoms with Crippen molar-refractivity contribution >= 4 is 5.91 Å². The smallest absolute Gasteiger partial charge is 0.220 e. The van der Waals surface area contributed by atoms with Gasteiger partial charge in [-0.2, -0.15) is 0 Å². The lowest BCUT2D eigenvalue weighted by Crippen LogP contribution is -2.65. The fourth-order valence-electron chi connectivity index (χ4n) is 7.93. The van der Waals surface area contributed by atoms with Gasteiger partial charge in [0, 0.05) is 6.42 Å². The number of hydrogen-bond acceptors (Lipinski definition) is 13. The van der Waals surface area contributed by atoms with Gasteiger partial charge in [-0.05, 0) is 83.5 Å². The van der Waals surface area contributed by atoms with Crippen LogP contribution in [0.2, 0.25) is 0 Å². The topological polar surface area (TPSA) is 228 Å². The summed E-state index contributed by atoms with van der Waals surface area (Å²) in [5, 5.41) is 86.2. The number of aliphatic hydroxyl groups excluding tert-OH is 8. The van der Waals surface area contributed by atoms with Crippen molar-refractivity contribution in [3.63, 3.8) is 0 Å². The number of aliphatic hydroxyl groups is 8. The molecule has 71 heavy (non-hydrogen) atoms. The highest BCUT2D eigenvalue weighted by Crippen LogP contribution is 2.30. The maximum absolute atomic E-state index is 13.1. The number of amides is 1. The van der Waals surface area contributed by atoms with Gasteiger partial charge < -0.3 is 65.1 Å². The van der Waals surface area contributed by atoms with Gasteiger partial charge >= 0.3 is 0 Å². The molecule has 12 unspecified atom stereocenters. The fourth-order valence-corrected chi connectivity index (χ4v) is 7.93. The maximum Gasteiger partial charge on any atom is 0.220 e. The third-order valence-corrected chi connectivity index (χ3v) is 12.3. The van der Waals surface area contributed by atoms with E-state index in [2.05, 4.69) is 129 Å². The largest absolute Gasteiger partial charge is 0.394 e. The van der Waals surface area contributed by atoms with Crippen molar-refractivity contribution < 1.29 is 64.6 Å². The van der Waals surface area contributed by atoms with Crippen molar-refractivity contribution in [2.24, 2.45) is 0 Å². The summed E-state index contributed by atoms with van der Waals surface area (Å²) in [4.78, 5) is 13.1. The lowest BCUT2D eigenvalue weighted by molar-refractivity contribution is -0.359. The second-order valence-electron chi connectivity index (χ2n) is 18.3. The molecule has 0 aromatic rings. The van der Waals surface area contributed by atoms with E-state index in [9.17, 15) is 45.6 Å². The van der Waals surface area contributed by atoms with Crippen LogP contribution in [0, 0.1) is 0 Å². The van der Waals surface area contributed by atoms with Crippen LogP contribution in [0.25, 0.3) is 0 Å². The normalized spacial score (nSPS) is 26.7. The van der Waals surface area contributed by atoms with Gasteiger partial charge in [-0.3, -0.25) is 4.79 Å². The van der Waals surface area contributed by atoms with Crippen molar-refractivity contribution in [2.75, 3.05) is 19.8 Å². The van der Waals surface area contributed by atoms with Crippen LogP contribution in [-0.2, 0) is 23.7 Å². The molecule has 2 aliphatic heterocycles. The van der Waals surface area contributed by atoms with E-state index < -0.39 is 86.8 Å². The second kappa shape index (κ2) is 42.1. The van der Waals surface area contributed by atoms with Gasteiger partial charge in [-0.15, -0.1) is 0 Å². The van der Waals surface area contributed by atoms with Gasteiger partial charge in [0.05, 0.1) is 32.0 Å². The van der Waals surface area contributed by atoms with Gasteiger partial charge in [-0.25, -0.2) is 0 Å². The van der Waals surface area contributed by atoms with Crippen LogP contribution in [0.3, 0.4) is 0 Å². The molecule has 14 nitrogen and oxygen atoms in total. The number of allylic oxidation sites excluding steroid dienone is 18. The van der Waals surface area contributed by atoms with Crippen molar-refractivity contribution in [2.45, 2.75) is 222 Å². The molecule has 404 valence electrons. The van der Waals surface area contributed by atoms with Gasteiger partial charge in [0.1, 0.15) is 48.8 Å². The second-order valence-corrected chi connectivity index (χ2v) is 18.3. The Bertz CT molecular complexity index is 1600. The molecular formula is C57H93NO13. The third kappa shape index (κ3) is 28.6. The predicted molar refractivity (Wildman–Crippen MR) is 281 cm³/mol. The van der Waals surface area contributed by atoms with Gasteiger partial charge in [0.15, 0.2) is 12.6 Å². The quantitative estimate of drug-likeness (QED) is 0.0213. The molecule has 2 rings (SSSR count). The molecule has 12 atom stereocenters. The molecule has 9 N–H and O–H groups in total. The Balaban J connectivity index is 1.61. The molecule has 0 aromatic carbocycles. The van der Waals surface area contributed by atoms with E-state index in [-0.39, 0.29) is 18.9 Å². The van der Waals surface area contributed by atoms with E-state index in [0.717, 1.165) is 116 Å². The first-order chi connectivity index (χ1) is 34.6. The lowest BCUT2D eigenvalue weighted by atomic mass is 9.97. The van der Waals surface area contributed by atoms with Gasteiger partial charge in [0.25, 0.3) is 0 Å². The number of ether oxygens (including phenoxy) is 4. The summed E-state index contributed by atoms with van der Waals surface area (Å²) in [6.07, 6.45) is 41.9. The zero-order chi connectivity index (χ0) is 51.7. The molecule has 2 fully saturated rings. The SMILES string of the molecule is CC/C=C\C/C=C\C/C=C\C/C=C\C/C=C\C/C=C\C/C=C\C/C=C\C/C=C\CCCCCCCC(=O)NC(COC1OC(CO)C(OC2OC(CO)C(O)C(O)C2O)C(O)C1O)C(O)CCCCCC. The number of unbranched alkanes of at least 4 members (excludes halogenated alkanes) is 8. The Morgan fingerprint density at radius 1 is 0.521 bits per heavy atom. The molecule has 0 aromatic heterocycles. The Kier molecular flexibility index (Phi) is 37.8. The number of carbonyl (C=O) groups is 1. The molecule has 14 heteroatoms. The highest BCUT2D eigenvalue weighted by atomic mass is 16.7. The van der Waals surface area contributed by atoms with E-state index in [1.54, 1.807) is 0 Å². The first-order valence-corrected chi connectivity index (χ1v) is 26.6. The minimum absolute atomic E-state index is 0.242. The van der Waals surface area contributed by atoms with Crippen molar-refractivity contribution in [1.29, 1.82) is 0 Å². The molecule has 0 radical (unpaired) electrons. The molecule has 0 aliphatic carbocycles. The van der Waals surface area contributed by atoms with Crippen LogP contribution in [0.1, 0.15) is 149 Å². The summed E-state index contributed by atoms with van der Waals surface area (Å²) in [5.74, 6) is -0.242. The highest BCUT2D eigenvalue weighted by Gasteiger charge is 2.51. The standard InChI is InChI=1S/C57H93NO13/c1-3-5-7-9-10-11-12-13-14-15-16-17-18-19-20-21-22-23-24-25-26-27-28-29-30-31-32-33-34-35-36-37-39-41-49(62)58-45(46(61)40-38-8-6-4-2)44-68-56-54(67)52(65)55(48(43-60)70-56)71-57-53(66)51(64)50(63)47(42-59)69-57/h5,7,10-11,13-14,16-17,19-20,22-23,25-26,28-29,31-32,45-48,50-57,59-61,63-67H,3-4,6,8-9,12,15,18,21,24,27,30,33-44H2,1-2H3,(H,58,62)/b7-5-,11-10-,14-13-,17-16-,20-19-,23-22-,26-25-,29-28-,32-31-. The number of hydrogen-bond donors (Lipinski definition) is 9. The van der Waals surface area contributed by atoms with Crippen LogP contribution in [0.4, 0.5) is 0 Å². The maximum atomic E-state index is 13.1. The van der Waals surface area contributed by atoms with Crippen LogP contribution in [0.15, 0.2) is 109 Å². The minimum atomic E-state index is -1.79. The summed E-state index contributed by atoms with van der Waals surface area (Å²) in [6, 6.07) is -0.843. The van der Waals surface area contributed by atoms with Crippen LogP contribution < -0.4 is 5.32 Å². The van der Waals surface area contributed by atoms with E-state index in [0.29, 0.717) is 12.8 Å². The van der Waals surface area contributed by atoms with Crippen molar-refractivity contribution in [3.8, 4) is 0 Å². The average Bonchev–Trinajstić information content (AvgIpc) is 3.37. The summed E-state index contributed by atoms with van der Waals surface area (Å²) >= 11 is 0. The third-order valence-electron chi connectivity index (χ3n) is 12.3. The number of rotatable bonds is 39. The molecule has 2 saturated heterocycles. The molecular weight excluding hydrogens is 907 g/mol. The number of nitrogens with one attached hydrogen (secondary N) is 1. The fraction of sp³-hybridized carbons (Fsp3) is 0.667. The first-order valence-electron chi connectivity index (χ1n) is 26.6. The van der Waals surface area contributed by atoms with Crippen LogP contribution in [-0.4, -0.2) is 140 Å². The van der Waals surface area contributed by atoms with Crippen molar-refractivity contribution in [3.05, 3.63) is 109 Å². The molecule has 1 amide bonds. The Hall–Kier alpha value is -3.35. The van der Waals surface area contributed by atoms with Crippen LogP contribution in [0.5, 0.6) is 0 Å². The predicted octanol–water partition coefficient (Wildman–Crippen LogP) is 7.71. The van der Waals surface area contributed by atoms with E-state index in [4.69, 9.17) is 18.9 Å². The molecule has 2 heterocycles. The van der Waals surface area contributed by atoms with Gasteiger partial charge in [-0.1, -0.05) is 168 Å². The summed E-state index contributed by atoms with van der Waals surface area (Å²) in [6.45, 7) is 2.55. The lowest BCUT2D eigenvalue weighted by Gasteiger charge is -2.46. The molecule has 2 aliphatic rings. The highest BCUT2D eigenvalue weighted by molar-refractivity contribution is 5.76. The summed E-state index contributed by atoms with van der Waals surface area (Å²) in [5.41, 5.74) is 0. The zero-order valence-corrected chi connectivity index (χ0v) is 42.9. The summed E-state index contributed by atoms with van der Waals surface area (Å²) in [7, 11) is 0. The molecule has 0 saturated carbocycles. The molecule has 0 spiro atoms. The number of carbonyl (C=O) groups excluding carboxylic acids is 1. The molecule has 0 bridgehead atoms. The van der Waals surface area contributed by atoms with Gasteiger partial charge in [0.2, 0.25) is 5.91 Å². The summed E-state index contributed by atoms with van der Waals surface area (Å²) < 4.78 is 22.6. The minimum Gasteiger partial charge on any atom is -0.394 e. The zero-order valence-electron chi connectivity index (χ0n) is 42.9.